The number of halogens is 4. The molecular formula is C19H16Cl2F2N4O. The second kappa shape index (κ2) is 6.99. The van der Waals surface area contributed by atoms with Crippen molar-refractivity contribution < 1.29 is 12.9 Å². The highest BCUT2D eigenvalue weighted by Crippen LogP contribution is 2.41. The number of nitrogens with zero attached hydrogens (tertiary/aromatic N) is 2. The lowest BCUT2D eigenvalue weighted by atomic mass is 9.87. The Bertz CT molecular complexity index is 1240. The summed E-state index contributed by atoms with van der Waals surface area (Å²) in [7, 11) is 0. The second-order valence-electron chi connectivity index (χ2n) is 6.63. The average molecular weight is 428 g/mol. The third kappa shape index (κ3) is 3.03. The van der Waals surface area contributed by atoms with Crippen LogP contribution < -0.4 is 16.2 Å². The fourth-order valence-electron chi connectivity index (χ4n) is 3.58. The summed E-state index contributed by atoms with van der Waals surface area (Å²) >= 11 is 12.4. The van der Waals surface area contributed by atoms with E-state index in [1.807, 2.05) is 0 Å². The van der Waals surface area contributed by atoms with E-state index in [0.29, 0.717) is 17.5 Å². The van der Waals surface area contributed by atoms with E-state index in [2.05, 4.69) is 15.6 Å². The molecule has 146 valence electrons. The van der Waals surface area contributed by atoms with E-state index in [9.17, 15) is 13.6 Å². The van der Waals surface area contributed by atoms with Gasteiger partial charge >= 0.3 is 0 Å². The highest BCUT2D eigenvalue weighted by molar-refractivity contribution is 6.42. The van der Waals surface area contributed by atoms with Crippen molar-refractivity contribution in [3.8, 4) is 0 Å². The van der Waals surface area contributed by atoms with Crippen LogP contribution in [-0.4, -0.2) is 22.6 Å². The van der Waals surface area contributed by atoms with Crippen LogP contribution >= 0.6 is 23.2 Å². The van der Waals surface area contributed by atoms with Crippen LogP contribution in [0.25, 0.3) is 10.9 Å². The van der Waals surface area contributed by atoms with Crippen LogP contribution in [0.4, 0.5) is 14.5 Å². The summed E-state index contributed by atoms with van der Waals surface area (Å²) < 4.78 is 52.4. The predicted octanol–water partition coefficient (Wildman–Crippen LogP) is 3.82. The van der Waals surface area contributed by atoms with Gasteiger partial charge in [0.2, 0.25) is 0 Å². The lowest BCUT2D eigenvalue weighted by Crippen LogP contribution is -2.39. The van der Waals surface area contributed by atoms with Crippen molar-refractivity contribution in [1.82, 2.24) is 14.9 Å². The number of benzene rings is 2. The summed E-state index contributed by atoms with van der Waals surface area (Å²) in [4.78, 5) is 16.5. The predicted molar refractivity (Wildman–Crippen MR) is 106 cm³/mol. The van der Waals surface area contributed by atoms with Gasteiger partial charge in [0.1, 0.15) is 11.3 Å². The SMILES string of the molecule is [2H]C([2H])([2H])n1cnc2c(F)cc(NC3(c4c(F)ccc(Cl)c4Cl)CCNC3)cc2c1=O. The van der Waals surface area contributed by atoms with Gasteiger partial charge < -0.3 is 15.2 Å². The molecule has 1 fully saturated rings. The molecule has 0 saturated carbocycles. The van der Waals surface area contributed by atoms with Gasteiger partial charge in [0.25, 0.3) is 5.56 Å². The summed E-state index contributed by atoms with van der Waals surface area (Å²) in [5.74, 6) is -1.41. The molecule has 2 N–H and O–H groups in total. The Kier molecular flexibility index (Phi) is 3.91. The molecule has 1 atom stereocenters. The normalized spacial score (nSPS) is 21.4. The zero-order chi connectivity index (χ0) is 22.6. The molecule has 28 heavy (non-hydrogen) atoms. The number of rotatable bonds is 3. The van der Waals surface area contributed by atoms with Crippen LogP contribution in [0.5, 0.6) is 0 Å². The van der Waals surface area contributed by atoms with Crippen molar-refractivity contribution in [2.24, 2.45) is 6.98 Å². The van der Waals surface area contributed by atoms with Crippen molar-refractivity contribution in [2.75, 3.05) is 18.4 Å². The molecule has 2 aromatic carbocycles. The minimum atomic E-state index is -2.77. The molecule has 0 bridgehead atoms. The Morgan fingerprint density at radius 1 is 1.32 bits per heavy atom. The Hall–Kier alpha value is -2.22. The molecule has 0 spiro atoms. The summed E-state index contributed by atoms with van der Waals surface area (Å²) in [5, 5.41) is 6.19. The van der Waals surface area contributed by atoms with Gasteiger partial charge in [-0.05, 0) is 37.2 Å². The molecule has 4 rings (SSSR count). The fourth-order valence-corrected chi connectivity index (χ4v) is 4.07. The number of anilines is 1. The first-order valence-electron chi connectivity index (χ1n) is 9.88. The van der Waals surface area contributed by atoms with Gasteiger partial charge in [-0.3, -0.25) is 4.79 Å². The fraction of sp³-hybridized carbons (Fsp3) is 0.263. The Morgan fingerprint density at radius 2 is 2.14 bits per heavy atom. The van der Waals surface area contributed by atoms with E-state index in [-0.39, 0.29) is 38.7 Å². The van der Waals surface area contributed by atoms with Crippen LogP contribution in [0.1, 0.15) is 16.1 Å². The number of hydrogen-bond acceptors (Lipinski definition) is 4. The minimum absolute atomic E-state index is 0.0329. The summed E-state index contributed by atoms with van der Waals surface area (Å²) in [6, 6.07) is 4.96. The molecule has 1 aliphatic rings. The summed E-state index contributed by atoms with van der Waals surface area (Å²) in [6.07, 6.45) is 1.19. The van der Waals surface area contributed by atoms with Crippen LogP contribution in [-0.2, 0) is 12.5 Å². The monoisotopic (exact) mass is 427 g/mol. The summed E-state index contributed by atoms with van der Waals surface area (Å²) in [5.41, 5.74) is -1.98. The number of hydrogen-bond donors (Lipinski definition) is 2. The topological polar surface area (TPSA) is 59.0 Å². The molecule has 0 amide bonds. The number of fused-ring (bicyclic) bond motifs is 1. The van der Waals surface area contributed by atoms with Gasteiger partial charge in [0.15, 0.2) is 5.82 Å². The molecule has 0 radical (unpaired) electrons. The van der Waals surface area contributed by atoms with Crippen molar-refractivity contribution in [3.63, 3.8) is 0 Å². The molecule has 1 aromatic heterocycles. The van der Waals surface area contributed by atoms with E-state index in [1.165, 1.54) is 18.2 Å². The second-order valence-corrected chi connectivity index (χ2v) is 7.41. The van der Waals surface area contributed by atoms with Crippen molar-refractivity contribution >= 4 is 39.8 Å². The Balaban J connectivity index is 1.88. The lowest BCUT2D eigenvalue weighted by Gasteiger charge is -2.33. The summed E-state index contributed by atoms with van der Waals surface area (Å²) in [6.45, 7) is -1.98. The van der Waals surface area contributed by atoms with Crippen molar-refractivity contribution in [1.29, 1.82) is 0 Å². The first-order valence-corrected chi connectivity index (χ1v) is 9.13. The van der Waals surface area contributed by atoms with Gasteiger partial charge in [-0.2, -0.15) is 0 Å². The number of aryl methyl sites for hydroxylation is 1. The standard InChI is InChI=1S/C19H16Cl2F2N4O/c1-27-9-25-17-11(18(27)28)6-10(7-14(17)23)26-19(4-5-24-8-19)15-13(22)3-2-12(20)16(15)21/h2-3,6-7,9,24,26H,4-5,8H2,1H3/i1D3. The maximum absolute atomic E-state index is 14.8. The maximum Gasteiger partial charge on any atom is 0.261 e. The van der Waals surface area contributed by atoms with E-state index < -0.39 is 29.7 Å². The third-order valence-corrected chi connectivity index (χ3v) is 5.68. The first-order chi connectivity index (χ1) is 14.5. The van der Waals surface area contributed by atoms with Gasteiger partial charge in [-0.15, -0.1) is 0 Å². The molecule has 2 heterocycles. The van der Waals surface area contributed by atoms with Crippen LogP contribution in [0.2, 0.25) is 10.0 Å². The molecule has 1 unspecified atom stereocenters. The molecule has 9 heteroatoms. The largest absolute Gasteiger partial charge is 0.374 e. The highest BCUT2D eigenvalue weighted by Gasteiger charge is 2.40. The molecule has 5 nitrogen and oxygen atoms in total. The molecular weight excluding hydrogens is 409 g/mol. The first kappa shape index (κ1) is 15.7. The van der Waals surface area contributed by atoms with Crippen molar-refractivity contribution in [2.45, 2.75) is 12.0 Å². The van der Waals surface area contributed by atoms with Gasteiger partial charge in [-0.1, -0.05) is 23.2 Å². The smallest absolute Gasteiger partial charge is 0.261 e. The lowest BCUT2D eigenvalue weighted by molar-refractivity contribution is 0.495. The number of aromatic nitrogens is 2. The number of nitrogens with one attached hydrogen (secondary N) is 2. The van der Waals surface area contributed by atoms with Crippen LogP contribution in [0.15, 0.2) is 35.4 Å². The maximum atomic E-state index is 14.8. The van der Waals surface area contributed by atoms with E-state index in [4.69, 9.17) is 27.3 Å². The zero-order valence-corrected chi connectivity index (χ0v) is 15.8. The molecule has 3 aromatic rings. The van der Waals surface area contributed by atoms with E-state index in [0.717, 1.165) is 12.4 Å². The average Bonchev–Trinajstić information content (AvgIpc) is 3.14. The minimum Gasteiger partial charge on any atom is -0.374 e. The van der Waals surface area contributed by atoms with Gasteiger partial charge in [0, 0.05) is 28.9 Å². The third-order valence-electron chi connectivity index (χ3n) is 4.88. The van der Waals surface area contributed by atoms with E-state index >= 15 is 0 Å². The zero-order valence-electron chi connectivity index (χ0n) is 17.3. The molecule has 1 aliphatic heterocycles. The Morgan fingerprint density at radius 3 is 2.86 bits per heavy atom. The molecule has 0 aliphatic carbocycles. The van der Waals surface area contributed by atoms with Gasteiger partial charge in [-0.25, -0.2) is 13.8 Å². The van der Waals surface area contributed by atoms with Crippen LogP contribution in [0.3, 0.4) is 0 Å². The quantitative estimate of drug-likeness (QED) is 0.623. The van der Waals surface area contributed by atoms with E-state index in [1.54, 1.807) is 0 Å². The Labute approximate surface area is 173 Å². The molecule has 1 saturated heterocycles. The van der Waals surface area contributed by atoms with Gasteiger partial charge in [0.05, 0.1) is 27.3 Å². The van der Waals surface area contributed by atoms with Crippen LogP contribution in [0, 0.1) is 11.6 Å². The highest BCUT2D eigenvalue weighted by atomic mass is 35.5. The van der Waals surface area contributed by atoms with Crippen molar-refractivity contribution in [3.05, 3.63) is 68.2 Å².